The van der Waals surface area contributed by atoms with E-state index in [1.807, 2.05) is 0 Å². The van der Waals surface area contributed by atoms with E-state index in [2.05, 4.69) is 25.7 Å². The highest BCUT2D eigenvalue weighted by Crippen LogP contribution is 2.24. The quantitative estimate of drug-likeness (QED) is 0.755. The molecule has 3 unspecified atom stereocenters. The monoisotopic (exact) mass is 230 g/mol. The van der Waals surface area contributed by atoms with Crippen molar-refractivity contribution in [3.8, 4) is 0 Å². The summed E-state index contributed by atoms with van der Waals surface area (Å²) < 4.78 is 10.8. The molecule has 0 radical (unpaired) electrons. The number of rotatable bonds is 5. The molecule has 0 amide bonds. The van der Waals surface area contributed by atoms with Crippen molar-refractivity contribution in [1.29, 1.82) is 0 Å². The van der Waals surface area contributed by atoms with Gasteiger partial charge in [0.25, 0.3) is 0 Å². The molecule has 0 spiro atoms. The molecule has 2 N–H and O–H groups in total. The Kier molecular flexibility index (Phi) is 4.73. The number of nitrogens with two attached hydrogens (primary N) is 1. The first-order valence-electron chi connectivity index (χ1n) is 5.94. The lowest BCUT2D eigenvalue weighted by molar-refractivity contribution is -0.00461. The van der Waals surface area contributed by atoms with Gasteiger partial charge in [0.15, 0.2) is 0 Å². The molecule has 1 aliphatic rings. The van der Waals surface area contributed by atoms with Gasteiger partial charge in [-0.05, 0) is 12.3 Å². The lowest BCUT2D eigenvalue weighted by Crippen LogP contribution is -2.44. The van der Waals surface area contributed by atoms with Crippen LogP contribution in [-0.2, 0) is 9.47 Å². The van der Waals surface area contributed by atoms with Gasteiger partial charge in [0, 0.05) is 39.9 Å². The molecule has 3 atom stereocenters. The van der Waals surface area contributed by atoms with E-state index in [1.54, 1.807) is 14.2 Å². The average Bonchev–Trinajstić information content (AvgIpc) is 2.59. The lowest BCUT2D eigenvalue weighted by atomic mass is 9.85. The topological polar surface area (TPSA) is 47.7 Å². The number of hydrogen-bond donors (Lipinski definition) is 1. The minimum atomic E-state index is 0.126. The van der Waals surface area contributed by atoms with E-state index in [1.165, 1.54) is 0 Å². The molecule has 1 saturated heterocycles. The van der Waals surface area contributed by atoms with Gasteiger partial charge in [-0.2, -0.15) is 0 Å². The summed E-state index contributed by atoms with van der Waals surface area (Å²) >= 11 is 0. The molecular formula is C12H26N2O2. The van der Waals surface area contributed by atoms with E-state index in [0.717, 1.165) is 19.6 Å². The molecule has 0 aromatic carbocycles. The highest BCUT2D eigenvalue weighted by molar-refractivity contribution is 4.90. The third-order valence-electron chi connectivity index (χ3n) is 3.76. The van der Waals surface area contributed by atoms with Crippen molar-refractivity contribution in [2.24, 2.45) is 11.1 Å². The predicted octanol–water partition coefficient (Wildman–Crippen LogP) is 0.705. The Bertz CT molecular complexity index is 207. The SMILES string of the molecule is COC1CN(CC(C)(C)C(C)N)CC1OC. The number of ether oxygens (including phenoxy) is 2. The third-order valence-corrected chi connectivity index (χ3v) is 3.76. The van der Waals surface area contributed by atoms with Gasteiger partial charge in [-0.1, -0.05) is 13.8 Å². The first-order chi connectivity index (χ1) is 7.40. The van der Waals surface area contributed by atoms with E-state index in [-0.39, 0.29) is 23.7 Å². The van der Waals surface area contributed by atoms with Crippen molar-refractivity contribution in [2.75, 3.05) is 33.9 Å². The molecule has 0 bridgehead atoms. The Morgan fingerprint density at radius 2 is 1.69 bits per heavy atom. The second kappa shape index (κ2) is 5.45. The molecule has 1 aliphatic heterocycles. The van der Waals surface area contributed by atoms with Crippen molar-refractivity contribution in [1.82, 2.24) is 4.90 Å². The zero-order valence-electron chi connectivity index (χ0n) is 11.2. The summed E-state index contributed by atoms with van der Waals surface area (Å²) in [7, 11) is 3.49. The molecule has 96 valence electrons. The summed E-state index contributed by atoms with van der Waals surface area (Å²) in [6.07, 6.45) is 0.378. The molecule has 4 heteroatoms. The smallest absolute Gasteiger partial charge is 0.0971 e. The average molecular weight is 230 g/mol. The Morgan fingerprint density at radius 3 is 2.00 bits per heavy atom. The summed E-state index contributed by atoms with van der Waals surface area (Å²) in [4.78, 5) is 2.38. The van der Waals surface area contributed by atoms with Crippen LogP contribution in [0.4, 0.5) is 0 Å². The maximum absolute atomic E-state index is 5.99. The van der Waals surface area contributed by atoms with Gasteiger partial charge in [0.1, 0.15) is 0 Å². The molecule has 0 saturated carbocycles. The van der Waals surface area contributed by atoms with E-state index < -0.39 is 0 Å². The fraction of sp³-hybridized carbons (Fsp3) is 1.00. The molecule has 1 heterocycles. The third kappa shape index (κ3) is 3.17. The van der Waals surface area contributed by atoms with Gasteiger partial charge in [-0.3, -0.25) is 4.90 Å². The first kappa shape index (κ1) is 13.9. The van der Waals surface area contributed by atoms with E-state index in [9.17, 15) is 0 Å². The lowest BCUT2D eigenvalue weighted by Gasteiger charge is -2.33. The van der Waals surface area contributed by atoms with E-state index in [0.29, 0.717) is 0 Å². The highest BCUT2D eigenvalue weighted by atomic mass is 16.5. The van der Waals surface area contributed by atoms with Crippen molar-refractivity contribution in [3.05, 3.63) is 0 Å². The maximum Gasteiger partial charge on any atom is 0.0971 e. The van der Waals surface area contributed by atoms with Gasteiger partial charge in [0.2, 0.25) is 0 Å². The fourth-order valence-corrected chi connectivity index (χ4v) is 2.12. The van der Waals surface area contributed by atoms with Crippen LogP contribution in [0.25, 0.3) is 0 Å². The Hall–Kier alpha value is -0.160. The van der Waals surface area contributed by atoms with Crippen LogP contribution in [0, 0.1) is 5.41 Å². The van der Waals surface area contributed by atoms with Crippen molar-refractivity contribution < 1.29 is 9.47 Å². The van der Waals surface area contributed by atoms with Crippen LogP contribution >= 0.6 is 0 Å². The zero-order chi connectivity index (χ0) is 12.3. The first-order valence-corrected chi connectivity index (χ1v) is 5.94. The van der Waals surface area contributed by atoms with Crippen molar-refractivity contribution in [2.45, 2.75) is 39.0 Å². The van der Waals surface area contributed by atoms with Crippen LogP contribution in [0.1, 0.15) is 20.8 Å². The van der Waals surface area contributed by atoms with Gasteiger partial charge >= 0.3 is 0 Å². The Morgan fingerprint density at radius 1 is 1.25 bits per heavy atom. The largest absolute Gasteiger partial charge is 0.377 e. The summed E-state index contributed by atoms with van der Waals surface area (Å²) in [6, 6.07) is 0.190. The summed E-state index contributed by atoms with van der Waals surface area (Å²) in [6.45, 7) is 9.34. The van der Waals surface area contributed by atoms with E-state index >= 15 is 0 Å². The van der Waals surface area contributed by atoms with Crippen molar-refractivity contribution in [3.63, 3.8) is 0 Å². The second-order valence-corrected chi connectivity index (χ2v) is 5.52. The summed E-state index contributed by atoms with van der Waals surface area (Å²) in [5.74, 6) is 0. The number of methoxy groups -OCH3 is 2. The minimum absolute atomic E-state index is 0.126. The van der Waals surface area contributed by atoms with Crippen LogP contribution in [-0.4, -0.2) is 57.0 Å². The van der Waals surface area contributed by atoms with Gasteiger partial charge < -0.3 is 15.2 Å². The number of likely N-dealkylation sites (tertiary alicyclic amines) is 1. The maximum atomic E-state index is 5.99. The normalized spacial score (nSPS) is 29.6. The minimum Gasteiger partial charge on any atom is -0.377 e. The standard InChI is InChI=1S/C12H26N2O2/c1-9(13)12(2,3)8-14-6-10(15-4)11(7-14)16-5/h9-11H,6-8,13H2,1-5H3. The Labute approximate surface area is 99.1 Å². The molecular weight excluding hydrogens is 204 g/mol. The Balaban J connectivity index is 2.52. The molecule has 0 aliphatic carbocycles. The molecule has 0 aromatic rings. The highest BCUT2D eigenvalue weighted by Gasteiger charge is 2.36. The zero-order valence-corrected chi connectivity index (χ0v) is 11.2. The number of hydrogen-bond acceptors (Lipinski definition) is 4. The fourth-order valence-electron chi connectivity index (χ4n) is 2.12. The predicted molar refractivity (Wildman–Crippen MR) is 65.5 cm³/mol. The van der Waals surface area contributed by atoms with Gasteiger partial charge in [-0.25, -0.2) is 0 Å². The molecule has 1 rings (SSSR count). The van der Waals surface area contributed by atoms with Crippen LogP contribution < -0.4 is 5.73 Å². The van der Waals surface area contributed by atoms with Crippen LogP contribution in [0.5, 0.6) is 0 Å². The molecule has 4 nitrogen and oxygen atoms in total. The molecule has 16 heavy (non-hydrogen) atoms. The van der Waals surface area contributed by atoms with Crippen LogP contribution in [0.3, 0.4) is 0 Å². The van der Waals surface area contributed by atoms with Gasteiger partial charge in [0.05, 0.1) is 12.2 Å². The van der Waals surface area contributed by atoms with Crippen LogP contribution in [0.15, 0.2) is 0 Å². The second-order valence-electron chi connectivity index (χ2n) is 5.52. The van der Waals surface area contributed by atoms with Gasteiger partial charge in [-0.15, -0.1) is 0 Å². The number of nitrogens with zero attached hydrogens (tertiary/aromatic N) is 1. The summed E-state index contributed by atoms with van der Waals surface area (Å²) in [5.41, 5.74) is 6.12. The van der Waals surface area contributed by atoms with E-state index in [4.69, 9.17) is 15.2 Å². The molecule has 1 fully saturated rings. The summed E-state index contributed by atoms with van der Waals surface area (Å²) in [5, 5.41) is 0. The van der Waals surface area contributed by atoms with Crippen molar-refractivity contribution >= 4 is 0 Å². The van der Waals surface area contributed by atoms with Crippen LogP contribution in [0.2, 0.25) is 0 Å². The molecule has 0 aromatic heterocycles.